The van der Waals surface area contributed by atoms with Crippen molar-refractivity contribution in [3.8, 4) is 5.75 Å². The largest absolute Gasteiger partial charge is 0.497 e. The van der Waals surface area contributed by atoms with Crippen LogP contribution in [0.5, 0.6) is 5.75 Å². The summed E-state index contributed by atoms with van der Waals surface area (Å²) in [7, 11) is 1.67. The first kappa shape index (κ1) is 13.9. The molecule has 1 aliphatic carbocycles. The minimum Gasteiger partial charge on any atom is -0.497 e. The average Bonchev–Trinajstić information content (AvgIpc) is 2.55. The molecule has 0 radical (unpaired) electrons. The Morgan fingerprint density at radius 2 is 2.10 bits per heavy atom. The SMILES string of the molecule is COc1ccc2cccc(CC(=O)C3=CCCCC3)c2c1. The van der Waals surface area contributed by atoms with E-state index in [1.165, 1.54) is 6.42 Å². The van der Waals surface area contributed by atoms with E-state index in [-0.39, 0.29) is 5.78 Å². The topological polar surface area (TPSA) is 26.3 Å². The smallest absolute Gasteiger partial charge is 0.162 e. The molecule has 108 valence electrons. The van der Waals surface area contributed by atoms with Crippen molar-refractivity contribution in [2.24, 2.45) is 0 Å². The molecule has 0 aliphatic heterocycles. The van der Waals surface area contributed by atoms with Gasteiger partial charge in [0.1, 0.15) is 5.75 Å². The van der Waals surface area contributed by atoms with E-state index in [1.807, 2.05) is 30.3 Å². The molecule has 0 aromatic heterocycles. The zero-order chi connectivity index (χ0) is 14.7. The molecular formula is C19H20O2. The molecule has 2 aromatic carbocycles. The van der Waals surface area contributed by atoms with Crippen LogP contribution in [-0.4, -0.2) is 12.9 Å². The van der Waals surface area contributed by atoms with E-state index in [9.17, 15) is 4.79 Å². The van der Waals surface area contributed by atoms with E-state index in [0.717, 1.165) is 46.9 Å². The van der Waals surface area contributed by atoms with Gasteiger partial charge in [-0.05, 0) is 59.7 Å². The average molecular weight is 280 g/mol. The van der Waals surface area contributed by atoms with Crippen molar-refractivity contribution in [1.82, 2.24) is 0 Å². The van der Waals surface area contributed by atoms with Gasteiger partial charge in [0.15, 0.2) is 5.78 Å². The van der Waals surface area contributed by atoms with E-state index in [2.05, 4.69) is 12.1 Å². The number of hydrogen-bond acceptors (Lipinski definition) is 2. The number of ether oxygens (including phenoxy) is 1. The number of Topliss-reactive ketones (excluding diaryl/α,β-unsaturated/α-hetero) is 1. The standard InChI is InChI=1S/C19H20O2/c1-21-17-11-10-14-8-5-9-16(18(14)13-17)12-19(20)15-6-3-2-4-7-15/h5-6,8-11,13H,2-4,7,12H2,1H3. The third-order valence-electron chi connectivity index (χ3n) is 4.18. The maximum atomic E-state index is 12.5. The maximum Gasteiger partial charge on any atom is 0.162 e. The van der Waals surface area contributed by atoms with Crippen LogP contribution in [0.15, 0.2) is 48.0 Å². The predicted octanol–water partition coefficient (Wildman–Crippen LogP) is 4.46. The zero-order valence-corrected chi connectivity index (χ0v) is 12.4. The number of fused-ring (bicyclic) bond motifs is 1. The molecule has 0 unspecified atom stereocenters. The number of hydrogen-bond donors (Lipinski definition) is 0. The van der Waals surface area contributed by atoms with Gasteiger partial charge in [-0.1, -0.05) is 30.3 Å². The fourth-order valence-corrected chi connectivity index (χ4v) is 2.98. The number of methoxy groups -OCH3 is 1. The van der Waals surface area contributed by atoms with Gasteiger partial charge >= 0.3 is 0 Å². The Balaban J connectivity index is 1.92. The van der Waals surface area contributed by atoms with Crippen molar-refractivity contribution >= 4 is 16.6 Å². The summed E-state index contributed by atoms with van der Waals surface area (Å²) in [6, 6.07) is 12.2. The first-order valence-corrected chi connectivity index (χ1v) is 7.56. The second-order valence-corrected chi connectivity index (χ2v) is 5.58. The third kappa shape index (κ3) is 2.99. The highest BCUT2D eigenvalue weighted by molar-refractivity contribution is 5.99. The van der Waals surface area contributed by atoms with Gasteiger partial charge in [-0.15, -0.1) is 0 Å². The number of ketones is 1. The number of benzene rings is 2. The molecular weight excluding hydrogens is 260 g/mol. The first-order valence-electron chi connectivity index (χ1n) is 7.56. The van der Waals surface area contributed by atoms with Gasteiger partial charge in [0, 0.05) is 6.42 Å². The molecule has 0 N–H and O–H groups in total. The van der Waals surface area contributed by atoms with Crippen LogP contribution >= 0.6 is 0 Å². The van der Waals surface area contributed by atoms with E-state index >= 15 is 0 Å². The molecule has 0 spiro atoms. The molecule has 0 saturated carbocycles. The molecule has 2 heteroatoms. The summed E-state index contributed by atoms with van der Waals surface area (Å²) in [5.41, 5.74) is 2.10. The minimum absolute atomic E-state index is 0.269. The van der Waals surface area contributed by atoms with Gasteiger partial charge in [-0.25, -0.2) is 0 Å². The summed E-state index contributed by atoms with van der Waals surface area (Å²) in [5, 5.41) is 2.26. The van der Waals surface area contributed by atoms with Crippen LogP contribution in [0.3, 0.4) is 0 Å². The summed E-state index contributed by atoms with van der Waals surface area (Å²) in [6.45, 7) is 0. The van der Waals surface area contributed by atoms with Crippen molar-refractivity contribution < 1.29 is 9.53 Å². The van der Waals surface area contributed by atoms with Crippen LogP contribution in [0.2, 0.25) is 0 Å². The van der Waals surface area contributed by atoms with Gasteiger partial charge < -0.3 is 4.74 Å². The monoisotopic (exact) mass is 280 g/mol. The maximum absolute atomic E-state index is 12.5. The normalized spacial score (nSPS) is 14.8. The highest BCUT2D eigenvalue weighted by atomic mass is 16.5. The van der Waals surface area contributed by atoms with E-state index in [0.29, 0.717) is 6.42 Å². The second kappa shape index (κ2) is 6.13. The zero-order valence-electron chi connectivity index (χ0n) is 12.4. The Morgan fingerprint density at radius 1 is 1.19 bits per heavy atom. The lowest BCUT2D eigenvalue weighted by molar-refractivity contribution is -0.115. The lowest BCUT2D eigenvalue weighted by Crippen LogP contribution is -2.09. The number of allylic oxidation sites excluding steroid dienone is 2. The molecule has 3 rings (SSSR count). The van der Waals surface area contributed by atoms with Crippen LogP contribution < -0.4 is 4.74 Å². The van der Waals surface area contributed by atoms with Crippen molar-refractivity contribution in [3.05, 3.63) is 53.6 Å². The minimum atomic E-state index is 0.269. The van der Waals surface area contributed by atoms with Gasteiger partial charge in [0.05, 0.1) is 7.11 Å². The summed E-state index contributed by atoms with van der Waals surface area (Å²) >= 11 is 0. The Kier molecular flexibility index (Phi) is 4.05. The molecule has 21 heavy (non-hydrogen) atoms. The highest BCUT2D eigenvalue weighted by Crippen LogP contribution is 2.26. The van der Waals surface area contributed by atoms with Gasteiger partial charge in [-0.3, -0.25) is 4.79 Å². The molecule has 2 aromatic rings. The predicted molar refractivity (Wildman–Crippen MR) is 85.8 cm³/mol. The summed E-state index contributed by atoms with van der Waals surface area (Å²) < 4.78 is 5.30. The molecule has 0 saturated heterocycles. The fourth-order valence-electron chi connectivity index (χ4n) is 2.98. The summed E-state index contributed by atoms with van der Waals surface area (Å²) in [6.07, 6.45) is 6.94. The number of rotatable bonds is 4. The Bertz CT molecular complexity index is 698. The van der Waals surface area contributed by atoms with E-state index < -0.39 is 0 Å². The molecule has 0 fully saturated rings. The molecule has 0 atom stereocenters. The molecule has 2 nitrogen and oxygen atoms in total. The van der Waals surface area contributed by atoms with Gasteiger partial charge in [-0.2, -0.15) is 0 Å². The highest BCUT2D eigenvalue weighted by Gasteiger charge is 2.14. The second-order valence-electron chi connectivity index (χ2n) is 5.58. The number of carbonyl (C=O) groups excluding carboxylic acids is 1. The van der Waals surface area contributed by atoms with Crippen molar-refractivity contribution in [3.63, 3.8) is 0 Å². The van der Waals surface area contributed by atoms with Crippen LogP contribution in [0.25, 0.3) is 10.8 Å². The quantitative estimate of drug-likeness (QED) is 0.826. The third-order valence-corrected chi connectivity index (χ3v) is 4.18. The molecule has 0 bridgehead atoms. The number of carbonyl (C=O) groups is 1. The Morgan fingerprint density at radius 3 is 2.86 bits per heavy atom. The summed E-state index contributed by atoms with van der Waals surface area (Å²) in [4.78, 5) is 12.5. The summed E-state index contributed by atoms with van der Waals surface area (Å²) in [5.74, 6) is 1.10. The van der Waals surface area contributed by atoms with Crippen LogP contribution in [-0.2, 0) is 11.2 Å². The lowest BCUT2D eigenvalue weighted by atomic mass is 9.92. The van der Waals surface area contributed by atoms with Gasteiger partial charge in [0.25, 0.3) is 0 Å². The lowest BCUT2D eigenvalue weighted by Gasteiger charge is -2.13. The fraction of sp³-hybridized carbons (Fsp3) is 0.316. The van der Waals surface area contributed by atoms with Crippen LogP contribution in [0, 0.1) is 0 Å². The van der Waals surface area contributed by atoms with Crippen molar-refractivity contribution in [2.45, 2.75) is 32.1 Å². The Hall–Kier alpha value is -2.09. The van der Waals surface area contributed by atoms with Crippen molar-refractivity contribution in [1.29, 1.82) is 0 Å². The molecule has 0 heterocycles. The van der Waals surface area contributed by atoms with Crippen LogP contribution in [0.4, 0.5) is 0 Å². The molecule has 0 amide bonds. The first-order chi connectivity index (χ1) is 10.3. The van der Waals surface area contributed by atoms with E-state index in [4.69, 9.17) is 4.74 Å². The Labute approximate surface area is 125 Å². The van der Waals surface area contributed by atoms with Gasteiger partial charge in [0.2, 0.25) is 0 Å². The van der Waals surface area contributed by atoms with Crippen molar-refractivity contribution in [2.75, 3.05) is 7.11 Å². The van der Waals surface area contributed by atoms with Crippen LogP contribution in [0.1, 0.15) is 31.2 Å². The molecule has 1 aliphatic rings. The van der Waals surface area contributed by atoms with E-state index in [1.54, 1.807) is 7.11 Å².